The van der Waals surface area contributed by atoms with E-state index in [1.165, 1.54) is 0 Å². The van der Waals surface area contributed by atoms with Crippen LogP contribution in [0.2, 0.25) is 0 Å². The lowest BCUT2D eigenvalue weighted by atomic mass is 10.3. The van der Waals surface area contributed by atoms with E-state index in [0.29, 0.717) is 13.2 Å². The van der Waals surface area contributed by atoms with Crippen LogP contribution in [0.5, 0.6) is 5.75 Å². The predicted octanol–water partition coefficient (Wildman–Crippen LogP) is 2.24. The second kappa shape index (κ2) is 5.68. The number of H-pyrrole nitrogens is 1. The number of nitrogens with zero attached hydrogens (tertiary/aromatic N) is 1. The summed E-state index contributed by atoms with van der Waals surface area (Å²) in [6.07, 6.45) is 2.96. The number of nitrogens with one attached hydrogen (secondary N) is 1. The maximum atomic E-state index is 5.60. The Balaban J connectivity index is 2.12. The molecule has 1 aromatic carbocycles. The first-order valence-corrected chi connectivity index (χ1v) is 6.15. The second-order valence-electron chi connectivity index (χ2n) is 4.10. The van der Waals surface area contributed by atoms with Crippen molar-refractivity contribution in [1.82, 2.24) is 9.97 Å². The fourth-order valence-electron chi connectivity index (χ4n) is 1.76. The fraction of sp³-hybridized carbons (Fsp3) is 0.462. The van der Waals surface area contributed by atoms with E-state index in [1.807, 2.05) is 18.2 Å². The molecule has 0 spiro atoms. The molecule has 0 radical (unpaired) electrons. The number of aryl methyl sites for hydroxylation is 1. The van der Waals surface area contributed by atoms with Crippen molar-refractivity contribution in [2.75, 3.05) is 13.2 Å². The van der Waals surface area contributed by atoms with Gasteiger partial charge in [0.1, 0.15) is 11.6 Å². The molecular formula is C13H19N3O. The SMILES string of the molecule is CCCc1nc2ccc(OCCCN)cc2[nH]1. The number of hydrogen-bond acceptors (Lipinski definition) is 3. The maximum Gasteiger partial charge on any atom is 0.121 e. The third-order valence-electron chi connectivity index (χ3n) is 2.61. The van der Waals surface area contributed by atoms with Crippen LogP contribution in [0.1, 0.15) is 25.6 Å². The van der Waals surface area contributed by atoms with Gasteiger partial charge < -0.3 is 15.5 Å². The number of ether oxygens (including phenoxy) is 1. The van der Waals surface area contributed by atoms with E-state index in [0.717, 1.165) is 41.9 Å². The average Bonchev–Trinajstić information content (AvgIpc) is 2.71. The van der Waals surface area contributed by atoms with E-state index >= 15 is 0 Å². The van der Waals surface area contributed by atoms with Crippen molar-refractivity contribution in [2.45, 2.75) is 26.2 Å². The van der Waals surface area contributed by atoms with E-state index in [4.69, 9.17) is 10.5 Å². The molecule has 4 heteroatoms. The maximum absolute atomic E-state index is 5.60. The van der Waals surface area contributed by atoms with Crippen LogP contribution in [0.3, 0.4) is 0 Å². The minimum Gasteiger partial charge on any atom is -0.493 e. The Bertz CT molecular complexity index is 478. The second-order valence-corrected chi connectivity index (χ2v) is 4.10. The highest BCUT2D eigenvalue weighted by molar-refractivity contribution is 5.76. The number of hydrogen-bond donors (Lipinski definition) is 2. The molecule has 4 nitrogen and oxygen atoms in total. The van der Waals surface area contributed by atoms with Gasteiger partial charge in [0.25, 0.3) is 0 Å². The third kappa shape index (κ3) is 2.97. The van der Waals surface area contributed by atoms with Crippen LogP contribution in [0.25, 0.3) is 11.0 Å². The van der Waals surface area contributed by atoms with Gasteiger partial charge in [0.2, 0.25) is 0 Å². The molecule has 2 rings (SSSR count). The van der Waals surface area contributed by atoms with Crippen LogP contribution < -0.4 is 10.5 Å². The Morgan fingerprint density at radius 1 is 1.41 bits per heavy atom. The highest BCUT2D eigenvalue weighted by atomic mass is 16.5. The first-order valence-electron chi connectivity index (χ1n) is 6.15. The van der Waals surface area contributed by atoms with Gasteiger partial charge in [-0.15, -0.1) is 0 Å². The summed E-state index contributed by atoms with van der Waals surface area (Å²) in [5.41, 5.74) is 7.46. The zero-order valence-electron chi connectivity index (χ0n) is 10.2. The average molecular weight is 233 g/mol. The molecule has 1 heterocycles. The lowest BCUT2D eigenvalue weighted by molar-refractivity contribution is 0.314. The molecule has 0 fully saturated rings. The first-order chi connectivity index (χ1) is 8.33. The summed E-state index contributed by atoms with van der Waals surface area (Å²) in [4.78, 5) is 7.82. The van der Waals surface area contributed by atoms with Crippen LogP contribution in [-0.4, -0.2) is 23.1 Å². The molecule has 1 aromatic heterocycles. The molecule has 0 bridgehead atoms. The quantitative estimate of drug-likeness (QED) is 0.752. The van der Waals surface area contributed by atoms with E-state index in [-0.39, 0.29) is 0 Å². The van der Waals surface area contributed by atoms with Crippen LogP contribution in [-0.2, 0) is 6.42 Å². The van der Waals surface area contributed by atoms with Gasteiger partial charge >= 0.3 is 0 Å². The monoisotopic (exact) mass is 233 g/mol. The Kier molecular flexibility index (Phi) is 3.98. The molecule has 0 aliphatic heterocycles. The summed E-state index contributed by atoms with van der Waals surface area (Å²) in [6.45, 7) is 3.47. The van der Waals surface area contributed by atoms with Gasteiger partial charge in [-0.1, -0.05) is 6.92 Å². The van der Waals surface area contributed by atoms with E-state index in [1.54, 1.807) is 0 Å². The molecule has 0 unspecified atom stereocenters. The zero-order chi connectivity index (χ0) is 12.1. The molecule has 2 aromatic rings. The fourth-order valence-corrected chi connectivity index (χ4v) is 1.76. The first kappa shape index (κ1) is 11.9. The van der Waals surface area contributed by atoms with Crippen LogP contribution in [0.4, 0.5) is 0 Å². The van der Waals surface area contributed by atoms with E-state index < -0.39 is 0 Å². The highest BCUT2D eigenvalue weighted by Crippen LogP contribution is 2.19. The highest BCUT2D eigenvalue weighted by Gasteiger charge is 2.03. The Labute approximate surface area is 101 Å². The Hall–Kier alpha value is -1.55. The van der Waals surface area contributed by atoms with Crippen molar-refractivity contribution < 1.29 is 4.74 Å². The Morgan fingerprint density at radius 3 is 3.06 bits per heavy atom. The topological polar surface area (TPSA) is 63.9 Å². The van der Waals surface area contributed by atoms with Gasteiger partial charge in [0.15, 0.2) is 0 Å². The Morgan fingerprint density at radius 2 is 2.29 bits per heavy atom. The molecular weight excluding hydrogens is 214 g/mol. The lowest BCUT2D eigenvalue weighted by Gasteiger charge is -2.04. The van der Waals surface area contributed by atoms with Gasteiger partial charge in [-0.05, 0) is 31.5 Å². The molecule has 0 saturated heterocycles. The minimum atomic E-state index is 0.660. The third-order valence-corrected chi connectivity index (χ3v) is 2.61. The molecule has 17 heavy (non-hydrogen) atoms. The summed E-state index contributed by atoms with van der Waals surface area (Å²) in [5.74, 6) is 1.92. The summed E-state index contributed by atoms with van der Waals surface area (Å²) in [6, 6.07) is 5.94. The van der Waals surface area contributed by atoms with E-state index in [2.05, 4.69) is 16.9 Å². The van der Waals surface area contributed by atoms with Crippen LogP contribution in [0.15, 0.2) is 18.2 Å². The molecule has 0 amide bonds. The summed E-state index contributed by atoms with van der Waals surface area (Å²) >= 11 is 0. The zero-order valence-corrected chi connectivity index (χ0v) is 10.2. The molecule has 0 aliphatic rings. The molecule has 0 aliphatic carbocycles. The number of fused-ring (bicyclic) bond motifs is 1. The van der Waals surface area contributed by atoms with Gasteiger partial charge in [0, 0.05) is 12.5 Å². The smallest absolute Gasteiger partial charge is 0.121 e. The van der Waals surface area contributed by atoms with Crippen molar-refractivity contribution in [2.24, 2.45) is 5.73 Å². The minimum absolute atomic E-state index is 0.660. The van der Waals surface area contributed by atoms with Crippen molar-refractivity contribution in [3.05, 3.63) is 24.0 Å². The van der Waals surface area contributed by atoms with E-state index in [9.17, 15) is 0 Å². The van der Waals surface area contributed by atoms with Gasteiger partial charge in [-0.3, -0.25) is 0 Å². The lowest BCUT2D eigenvalue weighted by Crippen LogP contribution is -2.05. The number of aromatic nitrogens is 2. The number of rotatable bonds is 6. The number of imidazole rings is 1. The normalized spacial score (nSPS) is 10.9. The molecule has 0 atom stereocenters. The standard InChI is InChI=1S/C13H19N3O/c1-2-4-13-15-11-6-5-10(9-12(11)16-13)17-8-3-7-14/h5-6,9H,2-4,7-8,14H2,1H3,(H,15,16). The van der Waals surface area contributed by atoms with Crippen molar-refractivity contribution in [1.29, 1.82) is 0 Å². The summed E-state index contributed by atoms with van der Waals surface area (Å²) < 4.78 is 5.60. The summed E-state index contributed by atoms with van der Waals surface area (Å²) in [7, 11) is 0. The largest absolute Gasteiger partial charge is 0.493 e. The van der Waals surface area contributed by atoms with Crippen LogP contribution in [0, 0.1) is 0 Å². The van der Waals surface area contributed by atoms with Gasteiger partial charge in [-0.25, -0.2) is 4.98 Å². The molecule has 92 valence electrons. The molecule has 3 N–H and O–H groups in total. The van der Waals surface area contributed by atoms with Crippen LogP contribution >= 0.6 is 0 Å². The van der Waals surface area contributed by atoms with Crippen molar-refractivity contribution >= 4 is 11.0 Å². The number of benzene rings is 1. The number of nitrogens with two attached hydrogens (primary N) is 1. The molecule has 0 saturated carbocycles. The van der Waals surface area contributed by atoms with Gasteiger partial charge in [-0.2, -0.15) is 0 Å². The van der Waals surface area contributed by atoms with Gasteiger partial charge in [0.05, 0.1) is 17.6 Å². The van der Waals surface area contributed by atoms with Crippen molar-refractivity contribution in [3.63, 3.8) is 0 Å². The number of aromatic amines is 1. The predicted molar refractivity (Wildman–Crippen MR) is 69.3 cm³/mol. The van der Waals surface area contributed by atoms with Crippen molar-refractivity contribution in [3.8, 4) is 5.75 Å². The summed E-state index contributed by atoms with van der Waals surface area (Å²) in [5, 5.41) is 0.